The van der Waals surface area contributed by atoms with Gasteiger partial charge in [-0.05, 0) is 0 Å². The van der Waals surface area contributed by atoms with Gasteiger partial charge in [0.1, 0.15) is 0 Å². The molecule has 0 atom stereocenters. The molecule has 0 aromatic rings. The normalized spacial score (nSPS) is 0. The molecule has 0 aliphatic heterocycles. The molecule has 0 aromatic heterocycles. The molecule has 0 nitrogen and oxygen atoms in total. The summed E-state index contributed by atoms with van der Waals surface area (Å²) in [6, 6.07) is 0. The minimum atomic E-state index is 0. The Morgan fingerprint density at radius 1 is 1.00 bits per heavy atom. The monoisotopic (exact) mass is 267 g/mol. The fourth-order valence-corrected chi connectivity index (χ4v) is 0. The van der Waals surface area contributed by atoms with Crippen LogP contribution in [0.3, 0.4) is 0 Å². The third-order valence-corrected chi connectivity index (χ3v) is 0. The molecular formula is CuMnMoV. The first-order valence-electron chi connectivity index (χ1n) is 0. The maximum Gasteiger partial charge on any atom is 0 e. The van der Waals surface area contributed by atoms with E-state index < -0.39 is 0 Å². The van der Waals surface area contributed by atoms with Crippen LogP contribution in [0.4, 0.5) is 0 Å². The van der Waals surface area contributed by atoms with Crippen LogP contribution < -0.4 is 0 Å². The van der Waals surface area contributed by atoms with Gasteiger partial charge in [0.25, 0.3) is 0 Å². The second-order valence-corrected chi connectivity index (χ2v) is 0. The molecule has 0 heterocycles. The Labute approximate surface area is 73.0 Å². The first-order chi connectivity index (χ1) is 0. The van der Waals surface area contributed by atoms with Gasteiger partial charge in [0.2, 0.25) is 0 Å². The van der Waals surface area contributed by atoms with E-state index in [4.69, 9.17) is 0 Å². The van der Waals surface area contributed by atoms with Crippen molar-refractivity contribution in [1.82, 2.24) is 0 Å². The summed E-state index contributed by atoms with van der Waals surface area (Å²) in [5.41, 5.74) is 0. The van der Waals surface area contributed by atoms with Crippen LogP contribution in [0.5, 0.6) is 0 Å². The van der Waals surface area contributed by atoms with Crippen LogP contribution in [0.2, 0.25) is 0 Å². The molecule has 0 rings (SSSR count). The van der Waals surface area contributed by atoms with Gasteiger partial charge in [-0.1, -0.05) is 0 Å². The van der Waals surface area contributed by atoms with Gasteiger partial charge in [-0.2, -0.15) is 0 Å². The number of hydrogen-bond acceptors (Lipinski definition) is 0. The Kier molecular flexibility index (Phi) is 154. The summed E-state index contributed by atoms with van der Waals surface area (Å²) in [5, 5.41) is 0. The molecule has 29 valence electrons. The topological polar surface area (TPSA) is 0 Å². The minimum Gasteiger partial charge on any atom is 0 e. The van der Waals surface area contributed by atoms with Crippen molar-refractivity contribution in [1.29, 1.82) is 0 Å². The molecule has 3 radical (unpaired) electrons. The van der Waals surface area contributed by atoms with Gasteiger partial charge in [0.15, 0.2) is 0 Å². The van der Waals surface area contributed by atoms with Gasteiger partial charge in [-0.25, -0.2) is 0 Å². The van der Waals surface area contributed by atoms with E-state index in [1.807, 2.05) is 0 Å². The van der Waals surface area contributed by atoms with Gasteiger partial charge >= 0.3 is 0 Å². The molecule has 4 heteroatoms. The second kappa shape index (κ2) is 18.5. The van der Waals surface area contributed by atoms with E-state index in [0.29, 0.717) is 0 Å². The third-order valence-electron chi connectivity index (χ3n) is 0. The molecule has 4 heavy (non-hydrogen) atoms. The molecule has 0 N–H and O–H groups in total. The van der Waals surface area contributed by atoms with Gasteiger partial charge in [-0.15, -0.1) is 0 Å². The van der Waals surface area contributed by atoms with E-state index >= 15 is 0 Å². The average Bonchev–Trinajstić information content (AvgIpc) is 0. The largest absolute Gasteiger partial charge is 0 e. The fraction of sp³-hybridized carbons (Fsp3) is 0. The molecule has 0 saturated carbocycles. The minimum absolute atomic E-state index is 0. The van der Waals surface area contributed by atoms with Crippen molar-refractivity contribution in [2.75, 3.05) is 0 Å². The summed E-state index contributed by atoms with van der Waals surface area (Å²) < 4.78 is 0. The second-order valence-electron chi connectivity index (χ2n) is 0. The first kappa shape index (κ1) is 33.3. The first-order valence-corrected chi connectivity index (χ1v) is 0. The van der Waals surface area contributed by atoms with Gasteiger partial charge < -0.3 is 0 Å². The van der Waals surface area contributed by atoms with E-state index in [-0.39, 0.29) is 73.8 Å². The Balaban J connectivity index is 0. The fourth-order valence-electron chi connectivity index (χ4n) is 0. The maximum absolute atomic E-state index is 0. The van der Waals surface area contributed by atoms with Crippen LogP contribution in [0.15, 0.2) is 0 Å². The molecule has 0 unspecified atom stereocenters. The molecule has 0 bridgehead atoms. The molecule has 0 amide bonds. The molecule has 0 fully saturated rings. The average molecular weight is 265 g/mol. The zero-order valence-electron chi connectivity index (χ0n) is 1.53. The third kappa shape index (κ3) is 8.85. The van der Waals surface area contributed by atoms with Crippen LogP contribution in [0, 0.1) is 0 Å². The van der Waals surface area contributed by atoms with Crippen LogP contribution >= 0.6 is 0 Å². The summed E-state index contributed by atoms with van der Waals surface area (Å²) in [6.07, 6.45) is 0. The van der Waals surface area contributed by atoms with Crippen molar-refractivity contribution >= 4 is 0 Å². The van der Waals surface area contributed by atoms with Crippen LogP contribution in [0.25, 0.3) is 0 Å². The van der Waals surface area contributed by atoms with Crippen LogP contribution in [-0.4, -0.2) is 0 Å². The molecule has 0 spiro atoms. The predicted octanol–water partition coefficient (Wildman–Crippen LogP) is -0.0100. The van der Waals surface area contributed by atoms with E-state index in [1.165, 1.54) is 0 Å². The summed E-state index contributed by atoms with van der Waals surface area (Å²) in [5.74, 6) is 0. The van der Waals surface area contributed by atoms with Gasteiger partial charge in [0.05, 0.1) is 0 Å². The Bertz CT molecular complexity index is 8.00. The summed E-state index contributed by atoms with van der Waals surface area (Å²) in [6.45, 7) is 0. The van der Waals surface area contributed by atoms with Gasteiger partial charge in [-0.3, -0.25) is 0 Å². The van der Waals surface area contributed by atoms with E-state index in [0.717, 1.165) is 0 Å². The van der Waals surface area contributed by atoms with Crippen molar-refractivity contribution in [2.45, 2.75) is 0 Å². The zero-order chi connectivity index (χ0) is 0. The predicted molar refractivity (Wildman–Crippen MR) is 0 cm³/mol. The number of hydrogen-bond donors (Lipinski definition) is 0. The Morgan fingerprint density at radius 2 is 1.00 bits per heavy atom. The SMILES string of the molecule is [Cu].[Mn].[Mo].[V]. The Morgan fingerprint density at radius 3 is 1.00 bits per heavy atom. The molecule has 0 aliphatic carbocycles. The van der Waals surface area contributed by atoms with Crippen molar-refractivity contribution in [2.24, 2.45) is 0 Å². The van der Waals surface area contributed by atoms with Crippen molar-refractivity contribution in [3.05, 3.63) is 0 Å². The van der Waals surface area contributed by atoms with E-state index in [9.17, 15) is 0 Å². The van der Waals surface area contributed by atoms with E-state index in [2.05, 4.69) is 0 Å². The summed E-state index contributed by atoms with van der Waals surface area (Å²) in [7, 11) is 0. The molecule has 0 saturated heterocycles. The van der Waals surface area contributed by atoms with Crippen LogP contribution in [-0.2, 0) is 73.8 Å². The molecule has 0 aromatic carbocycles. The van der Waals surface area contributed by atoms with Crippen molar-refractivity contribution < 1.29 is 73.8 Å². The van der Waals surface area contributed by atoms with Crippen molar-refractivity contribution in [3.63, 3.8) is 0 Å². The van der Waals surface area contributed by atoms with Crippen LogP contribution in [0.1, 0.15) is 0 Å². The zero-order valence-corrected chi connectivity index (χ0v) is 7.06. The maximum atomic E-state index is 0. The molecule has 0 aliphatic rings. The standard InChI is InChI=1S/Cu.Mn.Mo.V. The quantitative estimate of drug-likeness (QED) is 0.541. The number of rotatable bonds is 0. The van der Waals surface area contributed by atoms with Crippen molar-refractivity contribution in [3.8, 4) is 0 Å². The van der Waals surface area contributed by atoms with E-state index in [1.54, 1.807) is 0 Å². The Hall–Kier alpha value is 2.31. The smallest absolute Gasteiger partial charge is 0 e. The summed E-state index contributed by atoms with van der Waals surface area (Å²) in [4.78, 5) is 0. The summed E-state index contributed by atoms with van der Waals surface area (Å²) >= 11 is 0. The van der Waals surface area contributed by atoms with Gasteiger partial charge in [0, 0.05) is 73.8 Å². The molecular weight excluding hydrogens is 265 g/mol.